The molecule has 1 aliphatic rings. The summed E-state index contributed by atoms with van der Waals surface area (Å²) in [5.41, 5.74) is 1.06. The van der Waals surface area contributed by atoms with Crippen molar-refractivity contribution in [3.05, 3.63) is 29.3 Å². The lowest BCUT2D eigenvalue weighted by Gasteiger charge is -2.26. The average molecular weight is 263 g/mol. The lowest BCUT2D eigenvalue weighted by Crippen LogP contribution is -2.38. The standard InChI is InChI=1S/C15H21NO3/c1-11-4-5-13(18)12(8-11)14(19)16-9-15(10-17)6-2-3-7-15/h4-5,8,17-18H,2-3,6-7,9-10H2,1H3,(H,16,19). The molecule has 0 spiro atoms. The molecule has 104 valence electrons. The van der Waals surface area contributed by atoms with E-state index >= 15 is 0 Å². The van der Waals surface area contributed by atoms with E-state index in [0.717, 1.165) is 31.2 Å². The first-order valence-corrected chi connectivity index (χ1v) is 6.75. The highest BCUT2D eigenvalue weighted by Crippen LogP contribution is 2.37. The van der Waals surface area contributed by atoms with E-state index in [-0.39, 0.29) is 23.7 Å². The van der Waals surface area contributed by atoms with Crippen molar-refractivity contribution in [1.29, 1.82) is 0 Å². The minimum atomic E-state index is -0.277. The maximum Gasteiger partial charge on any atom is 0.255 e. The van der Waals surface area contributed by atoms with Crippen LogP contribution in [0.2, 0.25) is 0 Å². The highest BCUT2D eigenvalue weighted by atomic mass is 16.3. The highest BCUT2D eigenvalue weighted by Gasteiger charge is 2.33. The molecule has 1 aromatic rings. The molecule has 0 saturated heterocycles. The number of phenols is 1. The van der Waals surface area contributed by atoms with E-state index in [1.807, 2.05) is 6.92 Å². The van der Waals surface area contributed by atoms with Gasteiger partial charge in [0.15, 0.2) is 0 Å². The molecule has 0 atom stereocenters. The molecule has 1 amide bonds. The van der Waals surface area contributed by atoms with Gasteiger partial charge in [-0.3, -0.25) is 4.79 Å². The second-order valence-electron chi connectivity index (χ2n) is 5.57. The van der Waals surface area contributed by atoms with Crippen molar-refractivity contribution in [3.8, 4) is 5.75 Å². The molecule has 3 N–H and O–H groups in total. The molecule has 0 radical (unpaired) electrons. The largest absolute Gasteiger partial charge is 0.507 e. The summed E-state index contributed by atoms with van der Waals surface area (Å²) in [4.78, 5) is 12.1. The summed E-state index contributed by atoms with van der Waals surface area (Å²) in [6, 6.07) is 4.96. The molecule has 1 fully saturated rings. The first-order valence-electron chi connectivity index (χ1n) is 6.75. The van der Waals surface area contributed by atoms with Gasteiger partial charge in [-0.1, -0.05) is 24.5 Å². The molecule has 4 heteroatoms. The third-order valence-electron chi connectivity index (χ3n) is 4.02. The molecule has 4 nitrogen and oxygen atoms in total. The van der Waals surface area contributed by atoms with Crippen LogP contribution in [0.1, 0.15) is 41.6 Å². The zero-order valence-electron chi connectivity index (χ0n) is 11.3. The number of aliphatic hydroxyl groups excluding tert-OH is 1. The van der Waals surface area contributed by atoms with E-state index in [1.54, 1.807) is 12.1 Å². The van der Waals surface area contributed by atoms with Gasteiger partial charge in [0.05, 0.1) is 12.2 Å². The Labute approximate surface area is 113 Å². The first-order chi connectivity index (χ1) is 9.06. The van der Waals surface area contributed by atoms with Crippen molar-refractivity contribution in [1.82, 2.24) is 5.32 Å². The van der Waals surface area contributed by atoms with E-state index in [4.69, 9.17) is 0 Å². The van der Waals surface area contributed by atoms with Crippen LogP contribution in [0.4, 0.5) is 0 Å². The molecule has 0 heterocycles. The van der Waals surface area contributed by atoms with Crippen LogP contribution >= 0.6 is 0 Å². The molecular weight excluding hydrogens is 242 g/mol. The predicted molar refractivity (Wildman–Crippen MR) is 73.2 cm³/mol. The molecule has 1 aliphatic carbocycles. The average Bonchev–Trinajstić information content (AvgIpc) is 2.88. The third-order valence-corrected chi connectivity index (χ3v) is 4.02. The van der Waals surface area contributed by atoms with Crippen molar-refractivity contribution in [2.45, 2.75) is 32.6 Å². The number of aryl methyl sites for hydroxylation is 1. The number of phenolic OH excluding ortho intramolecular Hbond substituents is 1. The summed E-state index contributed by atoms with van der Waals surface area (Å²) in [5, 5.41) is 22.0. The van der Waals surface area contributed by atoms with Crippen LogP contribution in [0.25, 0.3) is 0 Å². The molecule has 0 aromatic heterocycles. The van der Waals surface area contributed by atoms with Crippen molar-refractivity contribution in [3.63, 3.8) is 0 Å². The Balaban J connectivity index is 2.03. The predicted octanol–water partition coefficient (Wildman–Crippen LogP) is 1.98. The van der Waals surface area contributed by atoms with E-state index in [0.29, 0.717) is 12.1 Å². The summed E-state index contributed by atoms with van der Waals surface area (Å²) in [7, 11) is 0. The molecular formula is C15H21NO3. The van der Waals surface area contributed by atoms with Crippen LogP contribution in [-0.2, 0) is 0 Å². The van der Waals surface area contributed by atoms with Crippen molar-refractivity contribution in [2.75, 3.05) is 13.2 Å². The topological polar surface area (TPSA) is 69.6 Å². The van der Waals surface area contributed by atoms with Crippen molar-refractivity contribution < 1.29 is 15.0 Å². The fraction of sp³-hybridized carbons (Fsp3) is 0.533. The number of hydrogen-bond donors (Lipinski definition) is 3. The molecule has 0 aliphatic heterocycles. The maximum atomic E-state index is 12.1. The molecule has 0 unspecified atom stereocenters. The number of hydrogen-bond acceptors (Lipinski definition) is 3. The fourth-order valence-corrected chi connectivity index (χ4v) is 2.71. The van der Waals surface area contributed by atoms with Crippen LogP contribution < -0.4 is 5.32 Å². The second-order valence-corrected chi connectivity index (χ2v) is 5.57. The van der Waals surface area contributed by atoms with Gasteiger partial charge in [-0.25, -0.2) is 0 Å². The number of aliphatic hydroxyl groups is 1. The van der Waals surface area contributed by atoms with Gasteiger partial charge in [0.25, 0.3) is 5.91 Å². The Morgan fingerprint density at radius 1 is 1.37 bits per heavy atom. The summed E-state index contributed by atoms with van der Waals surface area (Å²) >= 11 is 0. The van der Waals surface area contributed by atoms with Crippen LogP contribution in [-0.4, -0.2) is 29.3 Å². The van der Waals surface area contributed by atoms with Gasteiger partial charge >= 0.3 is 0 Å². The number of rotatable bonds is 4. The van der Waals surface area contributed by atoms with Crippen molar-refractivity contribution >= 4 is 5.91 Å². The van der Waals surface area contributed by atoms with Gasteiger partial charge in [-0.05, 0) is 31.9 Å². The lowest BCUT2D eigenvalue weighted by atomic mass is 9.87. The van der Waals surface area contributed by atoms with E-state index in [9.17, 15) is 15.0 Å². The Morgan fingerprint density at radius 3 is 2.68 bits per heavy atom. The number of carbonyl (C=O) groups is 1. The number of nitrogens with one attached hydrogen (secondary N) is 1. The summed E-state index contributed by atoms with van der Waals surface area (Å²) in [5.74, 6) is -0.284. The Bertz CT molecular complexity index is 464. The van der Waals surface area contributed by atoms with Crippen LogP contribution in [0.3, 0.4) is 0 Å². The van der Waals surface area contributed by atoms with Crippen LogP contribution in [0.15, 0.2) is 18.2 Å². The number of benzene rings is 1. The number of amides is 1. The smallest absolute Gasteiger partial charge is 0.255 e. The molecule has 1 saturated carbocycles. The molecule has 19 heavy (non-hydrogen) atoms. The summed E-state index contributed by atoms with van der Waals surface area (Å²) < 4.78 is 0. The van der Waals surface area contributed by atoms with Crippen LogP contribution in [0, 0.1) is 12.3 Å². The molecule has 1 aromatic carbocycles. The lowest BCUT2D eigenvalue weighted by molar-refractivity contribution is 0.0878. The zero-order valence-corrected chi connectivity index (χ0v) is 11.3. The highest BCUT2D eigenvalue weighted by molar-refractivity contribution is 5.97. The maximum absolute atomic E-state index is 12.1. The SMILES string of the molecule is Cc1ccc(O)c(C(=O)NCC2(CO)CCCC2)c1. The van der Waals surface area contributed by atoms with Gasteiger partial charge in [-0.2, -0.15) is 0 Å². The number of aromatic hydroxyl groups is 1. The molecule has 0 bridgehead atoms. The minimum absolute atomic E-state index is 0.00688. The molecule has 2 rings (SSSR count). The Kier molecular flexibility index (Phi) is 4.10. The van der Waals surface area contributed by atoms with Gasteiger partial charge < -0.3 is 15.5 Å². The van der Waals surface area contributed by atoms with E-state index < -0.39 is 0 Å². The van der Waals surface area contributed by atoms with Crippen molar-refractivity contribution in [2.24, 2.45) is 5.41 Å². The number of carbonyl (C=O) groups excluding carboxylic acids is 1. The van der Waals surface area contributed by atoms with Gasteiger partial charge in [0.1, 0.15) is 5.75 Å². The Morgan fingerprint density at radius 2 is 2.05 bits per heavy atom. The first kappa shape index (κ1) is 13.9. The summed E-state index contributed by atoms with van der Waals surface area (Å²) in [6.07, 6.45) is 4.10. The van der Waals surface area contributed by atoms with E-state index in [1.165, 1.54) is 6.07 Å². The van der Waals surface area contributed by atoms with Crippen LogP contribution in [0.5, 0.6) is 5.75 Å². The Hall–Kier alpha value is -1.55. The van der Waals surface area contributed by atoms with Gasteiger partial charge in [0, 0.05) is 12.0 Å². The third kappa shape index (κ3) is 3.07. The minimum Gasteiger partial charge on any atom is -0.507 e. The normalized spacial score (nSPS) is 17.4. The van der Waals surface area contributed by atoms with E-state index in [2.05, 4.69) is 5.32 Å². The van der Waals surface area contributed by atoms with Gasteiger partial charge in [0.2, 0.25) is 0 Å². The summed E-state index contributed by atoms with van der Waals surface area (Å²) in [6.45, 7) is 2.45. The zero-order chi connectivity index (χ0) is 13.9. The monoisotopic (exact) mass is 263 g/mol. The second kappa shape index (κ2) is 5.61. The van der Waals surface area contributed by atoms with Gasteiger partial charge in [-0.15, -0.1) is 0 Å². The fourth-order valence-electron chi connectivity index (χ4n) is 2.71. The quantitative estimate of drug-likeness (QED) is 0.778.